The van der Waals surface area contributed by atoms with Crippen LogP contribution in [0.25, 0.3) is 10.6 Å². The minimum Gasteiger partial charge on any atom is -0.488 e. The van der Waals surface area contributed by atoms with Crippen molar-refractivity contribution in [2.75, 3.05) is 13.2 Å². The molecule has 0 spiro atoms. The number of nitrogens with zero attached hydrogens (tertiary/aromatic N) is 2. The molecule has 2 aromatic heterocycles. The number of ether oxygens (including phenoxy) is 2. The van der Waals surface area contributed by atoms with Crippen LogP contribution in [0.5, 0.6) is 5.75 Å². The number of thiazole rings is 1. The normalized spacial score (nSPS) is 17.0. The second-order valence-corrected chi connectivity index (χ2v) is 9.06. The third-order valence-corrected chi connectivity index (χ3v) is 6.39. The molecule has 4 rings (SSSR count). The van der Waals surface area contributed by atoms with Crippen LogP contribution in [0, 0.1) is 12.7 Å². The largest absolute Gasteiger partial charge is 0.488 e. The fourth-order valence-electron chi connectivity index (χ4n) is 3.70. The number of nitrogens with two attached hydrogens (primary N) is 1. The van der Waals surface area contributed by atoms with Gasteiger partial charge in [0, 0.05) is 34.5 Å². The van der Waals surface area contributed by atoms with Crippen LogP contribution in [0.2, 0.25) is 5.02 Å². The Labute approximate surface area is 188 Å². The van der Waals surface area contributed by atoms with E-state index in [1.54, 1.807) is 12.3 Å². The molecule has 0 radical (unpaired) electrons. The first-order chi connectivity index (χ1) is 14.8. The molecule has 1 saturated heterocycles. The zero-order chi connectivity index (χ0) is 22.1. The number of benzene rings is 1. The number of hydrogen-bond acceptors (Lipinski definition) is 6. The third-order valence-electron chi connectivity index (χ3n) is 5.14. The molecule has 0 bridgehead atoms. The lowest BCUT2D eigenvalue weighted by Crippen LogP contribution is -2.19. The van der Waals surface area contributed by atoms with Gasteiger partial charge in [0.1, 0.15) is 22.7 Å². The minimum absolute atomic E-state index is 0.0944. The predicted octanol–water partition coefficient (Wildman–Crippen LogP) is 4.72. The van der Waals surface area contributed by atoms with Gasteiger partial charge in [-0.05, 0) is 30.7 Å². The van der Waals surface area contributed by atoms with E-state index >= 15 is 0 Å². The molecule has 1 amide bonds. The van der Waals surface area contributed by atoms with Gasteiger partial charge in [-0.1, -0.05) is 18.5 Å². The van der Waals surface area contributed by atoms with Gasteiger partial charge in [0.2, 0.25) is 5.91 Å². The van der Waals surface area contributed by atoms with Crippen molar-refractivity contribution in [2.24, 2.45) is 5.73 Å². The maximum absolute atomic E-state index is 13.6. The molecule has 2 N–H and O–H groups in total. The Hall–Kier alpha value is -2.55. The summed E-state index contributed by atoms with van der Waals surface area (Å²) in [5.41, 5.74) is 7.83. The van der Waals surface area contributed by atoms with Crippen molar-refractivity contribution in [3.05, 3.63) is 63.1 Å². The lowest BCUT2D eigenvalue weighted by atomic mass is 9.87. The van der Waals surface area contributed by atoms with Gasteiger partial charge < -0.3 is 15.2 Å². The molecule has 2 atom stereocenters. The fourth-order valence-corrected chi connectivity index (χ4v) is 4.81. The van der Waals surface area contributed by atoms with E-state index in [-0.39, 0.29) is 16.7 Å². The summed E-state index contributed by atoms with van der Waals surface area (Å²) in [5.74, 6) is -1.07. The molecule has 3 heterocycles. The van der Waals surface area contributed by atoms with Crippen molar-refractivity contribution >= 4 is 28.8 Å². The van der Waals surface area contributed by atoms with E-state index in [2.05, 4.69) is 9.97 Å². The number of rotatable bonds is 6. The molecule has 1 fully saturated rings. The van der Waals surface area contributed by atoms with Crippen molar-refractivity contribution < 1.29 is 18.7 Å². The Morgan fingerprint density at radius 3 is 2.77 bits per heavy atom. The molecular formula is C22H21ClFN3O3S. The molecule has 3 aromatic rings. The average molecular weight is 462 g/mol. The van der Waals surface area contributed by atoms with E-state index in [1.165, 1.54) is 17.4 Å². The standard InChI is InChI=1S/C22H21ClFN3O3S/c1-11-8-27-22(31-11)17-7-15(30-14-3-4-29-10-14)6-16(21(25)28)19(17)12(2)20-18(23)5-13(24)9-26-20/h5-9,12,14H,3-4,10H2,1-2H3,(H2,25,28)/t12?,14-/m1/s1. The highest BCUT2D eigenvalue weighted by Gasteiger charge is 2.27. The lowest BCUT2D eigenvalue weighted by molar-refractivity contribution is 0.0998. The molecular weight excluding hydrogens is 441 g/mol. The second-order valence-electron chi connectivity index (χ2n) is 7.42. The monoisotopic (exact) mass is 461 g/mol. The quantitative estimate of drug-likeness (QED) is 0.573. The maximum atomic E-state index is 13.6. The van der Waals surface area contributed by atoms with Crippen molar-refractivity contribution in [1.82, 2.24) is 9.97 Å². The van der Waals surface area contributed by atoms with Crippen LogP contribution < -0.4 is 10.5 Å². The Balaban J connectivity index is 1.89. The summed E-state index contributed by atoms with van der Waals surface area (Å²) in [6.07, 6.45) is 3.54. The number of aromatic nitrogens is 2. The summed E-state index contributed by atoms with van der Waals surface area (Å²) in [6, 6.07) is 4.69. The number of carbonyl (C=O) groups excluding carboxylic acids is 1. The Morgan fingerprint density at radius 1 is 1.35 bits per heavy atom. The number of aryl methyl sites for hydroxylation is 1. The van der Waals surface area contributed by atoms with Crippen molar-refractivity contribution in [3.8, 4) is 16.3 Å². The van der Waals surface area contributed by atoms with Crippen LogP contribution in [0.15, 0.2) is 30.6 Å². The van der Waals surface area contributed by atoms with Crippen LogP contribution in [0.1, 0.15) is 45.8 Å². The molecule has 1 aliphatic rings. The first-order valence-electron chi connectivity index (χ1n) is 9.79. The molecule has 9 heteroatoms. The van der Waals surface area contributed by atoms with Crippen molar-refractivity contribution in [1.29, 1.82) is 0 Å². The molecule has 1 unspecified atom stereocenters. The smallest absolute Gasteiger partial charge is 0.249 e. The van der Waals surface area contributed by atoms with Gasteiger partial charge in [-0.3, -0.25) is 9.78 Å². The minimum atomic E-state index is -0.609. The van der Waals surface area contributed by atoms with Crippen molar-refractivity contribution in [2.45, 2.75) is 32.3 Å². The molecule has 0 saturated carbocycles. The number of halogens is 2. The summed E-state index contributed by atoms with van der Waals surface area (Å²) < 4.78 is 25.0. The molecule has 1 aliphatic heterocycles. The van der Waals surface area contributed by atoms with E-state index in [4.69, 9.17) is 26.8 Å². The molecule has 1 aromatic carbocycles. The Bertz CT molecular complexity index is 1130. The van der Waals surface area contributed by atoms with E-state index in [0.29, 0.717) is 40.8 Å². The Kier molecular flexibility index (Phi) is 6.22. The van der Waals surface area contributed by atoms with Crippen LogP contribution in [0.4, 0.5) is 4.39 Å². The van der Waals surface area contributed by atoms with Gasteiger partial charge in [0.15, 0.2) is 0 Å². The van der Waals surface area contributed by atoms with Gasteiger partial charge in [-0.15, -0.1) is 11.3 Å². The number of pyridine rings is 1. The lowest BCUT2D eigenvalue weighted by Gasteiger charge is -2.21. The summed E-state index contributed by atoms with van der Waals surface area (Å²) in [7, 11) is 0. The third kappa shape index (κ3) is 4.56. The molecule has 6 nitrogen and oxygen atoms in total. The first kappa shape index (κ1) is 21.7. The topological polar surface area (TPSA) is 87.3 Å². The van der Waals surface area contributed by atoms with Gasteiger partial charge in [-0.2, -0.15) is 0 Å². The highest BCUT2D eigenvalue weighted by Crippen LogP contribution is 2.41. The average Bonchev–Trinajstić information content (AvgIpc) is 3.38. The van der Waals surface area contributed by atoms with Crippen LogP contribution in [0.3, 0.4) is 0 Å². The van der Waals surface area contributed by atoms with E-state index < -0.39 is 17.6 Å². The molecule has 31 heavy (non-hydrogen) atoms. The number of primary amides is 1. The number of carbonyl (C=O) groups is 1. The van der Waals surface area contributed by atoms with Crippen LogP contribution in [-0.2, 0) is 4.74 Å². The second kappa shape index (κ2) is 8.90. The molecule has 0 aliphatic carbocycles. The van der Waals surface area contributed by atoms with Crippen LogP contribution in [-0.4, -0.2) is 35.2 Å². The summed E-state index contributed by atoms with van der Waals surface area (Å²) in [4.78, 5) is 22.2. The zero-order valence-electron chi connectivity index (χ0n) is 17.0. The Morgan fingerprint density at radius 2 is 2.16 bits per heavy atom. The van der Waals surface area contributed by atoms with Gasteiger partial charge in [-0.25, -0.2) is 9.37 Å². The predicted molar refractivity (Wildman–Crippen MR) is 117 cm³/mol. The van der Waals surface area contributed by atoms with Gasteiger partial charge in [0.25, 0.3) is 0 Å². The summed E-state index contributed by atoms with van der Waals surface area (Å²) >= 11 is 7.77. The maximum Gasteiger partial charge on any atom is 0.249 e. The first-order valence-corrected chi connectivity index (χ1v) is 11.0. The van der Waals surface area contributed by atoms with E-state index in [9.17, 15) is 9.18 Å². The molecule has 162 valence electrons. The summed E-state index contributed by atoms with van der Waals surface area (Å²) in [6.45, 7) is 4.93. The van der Waals surface area contributed by atoms with Crippen LogP contribution >= 0.6 is 22.9 Å². The highest BCUT2D eigenvalue weighted by atomic mass is 35.5. The van der Waals surface area contributed by atoms with Gasteiger partial charge >= 0.3 is 0 Å². The highest BCUT2D eigenvalue weighted by molar-refractivity contribution is 7.15. The number of hydrogen-bond donors (Lipinski definition) is 1. The summed E-state index contributed by atoms with van der Waals surface area (Å²) in [5, 5.41) is 0.890. The van der Waals surface area contributed by atoms with E-state index in [1.807, 2.05) is 19.9 Å². The SMILES string of the molecule is Cc1cnc(-c2cc(O[C@@H]3CCOC3)cc(C(N)=O)c2C(C)c2ncc(F)cc2Cl)s1. The van der Waals surface area contributed by atoms with Crippen molar-refractivity contribution in [3.63, 3.8) is 0 Å². The van der Waals surface area contributed by atoms with Gasteiger partial charge in [0.05, 0.1) is 30.1 Å². The number of amides is 1. The van der Waals surface area contributed by atoms with E-state index in [0.717, 1.165) is 17.5 Å². The zero-order valence-corrected chi connectivity index (χ0v) is 18.6. The fraction of sp³-hybridized carbons (Fsp3) is 0.318.